The van der Waals surface area contributed by atoms with E-state index in [4.69, 9.17) is 14.9 Å². The Morgan fingerprint density at radius 3 is 2.53 bits per heavy atom. The molecular weight excluding hydrogens is 250 g/mol. The van der Waals surface area contributed by atoms with Crippen molar-refractivity contribution < 1.29 is 24.5 Å². The molecule has 1 aliphatic carbocycles. The van der Waals surface area contributed by atoms with Gasteiger partial charge in [-0.2, -0.15) is 0 Å². The summed E-state index contributed by atoms with van der Waals surface area (Å²) in [5.41, 5.74) is 0. The number of carbonyl (C=O) groups excluding carboxylic acids is 1. The second-order valence-electron chi connectivity index (χ2n) is 5.54. The van der Waals surface area contributed by atoms with Crippen molar-refractivity contribution in [1.82, 2.24) is 4.90 Å². The molecule has 19 heavy (non-hydrogen) atoms. The number of rotatable bonds is 3. The van der Waals surface area contributed by atoms with Gasteiger partial charge in [-0.25, -0.2) is 0 Å². The number of carboxylic acids is 1. The minimum absolute atomic E-state index is 0.0114. The number of amides is 1. The molecule has 1 saturated heterocycles. The summed E-state index contributed by atoms with van der Waals surface area (Å²) in [4.78, 5) is 25.0. The number of morpholine rings is 1. The highest BCUT2D eigenvalue weighted by Gasteiger charge is 2.38. The molecule has 1 aliphatic heterocycles. The third kappa shape index (κ3) is 3.25. The molecule has 0 aromatic heterocycles. The van der Waals surface area contributed by atoms with Crippen molar-refractivity contribution in [2.45, 2.75) is 38.4 Å². The van der Waals surface area contributed by atoms with Crippen molar-refractivity contribution in [2.75, 3.05) is 19.7 Å². The van der Waals surface area contributed by atoms with E-state index in [1.807, 2.05) is 6.92 Å². The third-order valence-electron chi connectivity index (χ3n) is 3.97. The van der Waals surface area contributed by atoms with Crippen molar-refractivity contribution in [3.63, 3.8) is 0 Å². The number of ether oxygens (including phenoxy) is 1. The zero-order valence-corrected chi connectivity index (χ0v) is 11.1. The lowest BCUT2D eigenvalue weighted by Crippen LogP contribution is -2.51. The van der Waals surface area contributed by atoms with Crippen LogP contribution in [0.4, 0.5) is 0 Å². The zero-order chi connectivity index (χ0) is 14.0. The minimum Gasteiger partial charge on any atom is -0.481 e. The van der Waals surface area contributed by atoms with Crippen molar-refractivity contribution >= 4 is 11.9 Å². The standard InChI is InChI=1S/C13H21NO5/c1-8-5-14(6-11(7-15)19-8)12(16)9-2-3-10(4-9)13(17)18/h8-11,15H,2-7H2,1H3,(H,17,18)/t8?,9-,10+,11?/m1/s1. The monoisotopic (exact) mass is 271 g/mol. The lowest BCUT2D eigenvalue weighted by atomic mass is 10.0. The number of aliphatic hydroxyl groups excluding tert-OH is 1. The van der Waals surface area contributed by atoms with E-state index < -0.39 is 5.97 Å². The van der Waals surface area contributed by atoms with E-state index in [1.165, 1.54) is 0 Å². The third-order valence-corrected chi connectivity index (χ3v) is 3.97. The first kappa shape index (κ1) is 14.3. The fourth-order valence-corrected chi connectivity index (χ4v) is 3.01. The highest BCUT2D eigenvalue weighted by molar-refractivity contribution is 5.81. The van der Waals surface area contributed by atoms with Gasteiger partial charge in [-0.3, -0.25) is 9.59 Å². The maximum absolute atomic E-state index is 12.4. The molecule has 0 aromatic rings. The van der Waals surface area contributed by atoms with Crippen molar-refractivity contribution in [3.05, 3.63) is 0 Å². The van der Waals surface area contributed by atoms with Crippen LogP contribution in [0.25, 0.3) is 0 Å². The maximum Gasteiger partial charge on any atom is 0.306 e. The number of hydrogen-bond acceptors (Lipinski definition) is 4. The van der Waals surface area contributed by atoms with Gasteiger partial charge in [0.05, 0.1) is 24.7 Å². The number of carboxylic acid groups (broad SMARTS) is 1. The summed E-state index contributed by atoms with van der Waals surface area (Å²) >= 11 is 0. The first-order chi connectivity index (χ1) is 9.01. The van der Waals surface area contributed by atoms with Gasteiger partial charge in [0, 0.05) is 19.0 Å². The molecule has 4 atom stereocenters. The van der Waals surface area contributed by atoms with Gasteiger partial charge in [-0.15, -0.1) is 0 Å². The van der Waals surface area contributed by atoms with Crippen LogP contribution in [0.2, 0.25) is 0 Å². The average molecular weight is 271 g/mol. The molecule has 0 aromatic carbocycles. The van der Waals surface area contributed by atoms with Crippen molar-refractivity contribution in [1.29, 1.82) is 0 Å². The van der Waals surface area contributed by atoms with Crippen LogP contribution in [-0.4, -0.2) is 58.9 Å². The van der Waals surface area contributed by atoms with Gasteiger partial charge in [0.1, 0.15) is 0 Å². The second kappa shape index (κ2) is 5.88. The van der Waals surface area contributed by atoms with Gasteiger partial charge in [0.15, 0.2) is 0 Å². The Bertz CT molecular complexity index is 359. The fraction of sp³-hybridized carbons (Fsp3) is 0.846. The summed E-state index contributed by atoms with van der Waals surface area (Å²) in [6.45, 7) is 2.69. The second-order valence-corrected chi connectivity index (χ2v) is 5.54. The molecular formula is C13H21NO5. The molecule has 1 amide bonds. The van der Waals surface area contributed by atoms with E-state index in [9.17, 15) is 9.59 Å². The fourth-order valence-electron chi connectivity index (χ4n) is 3.01. The summed E-state index contributed by atoms with van der Waals surface area (Å²) < 4.78 is 5.50. The minimum atomic E-state index is -0.807. The molecule has 1 heterocycles. The summed E-state index contributed by atoms with van der Waals surface area (Å²) in [5.74, 6) is -1.37. The topological polar surface area (TPSA) is 87.1 Å². The maximum atomic E-state index is 12.4. The normalized spacial score (nSPS) is 35.4. The highest BCUT2D eigenvalue weighted by Crippen LogP contribution is 2.33. The van der Waals surface area contributed by atoms with E-state index in [-0.39, 0.29) is 36.6 Å². The molecule has 0 bridgehead atoms. The van der Waals surface area contributed by atoms with Gasteiger partial charge in [0.25, 0.3) is 0 Å². The number of aliphatic carboxylic acids is 1. The molecule has 1 saturated carbocycles. The quantitative estimate of drug-likeness (QED) is 0.760. The first-order valence-electron chi connectivity index (χ1n) is 6.79. The predicted octanol–water partition coefficient (Wildman–Crippen LogP) is 0.0955. The first-order valence-corrected chi connectivity index (χ1v) is 6.79. The Morgan fingerprint density at radius 1 is 1.26 bits per heavy atom. The number of hydrogen-bond donors (Lipinski definition) is 2. The zero-order valence-electron chi connectivity index (χ0n) is 11.1. The van der Waals surface area contributed by atoms with Crippen LogP contribution in [0.15, 0.2) is 0 Å². The van der Waals surface area contributed by atoms with Gasteiger partial charge in [0.2, 0.25) is 5.91 Å². The molecule has 108 valence electrons. The highest BCUT2D eigenvalue weighted by atomic mass is 16.5. The molecule has 2 aliphatic rings. The lowest BCUT2D eigenvalue weighted by Gasteiger charge is -2.37. The Kier molecular flexibility index (Phi) is 4.42. The molecule has 2 fully saturated rings. The van der Waals surface area contributed by atoms with Crippen molar-refractivity contribution in [2.24, 2.45) is 11.8 Å². The Balaban J connectivity index is 1.94. The van der Waals surface area contributed by atoms with Crippen LogP contribution in [-0.2, 0) is 14.3 Å². The molecule has 0 spiro atoms. The van der Waals surface area contributed by atoms with Crippen LogP contribution in [0, 0.1) is 11.8 Å². The van der Waals surface area contributed by atoms with E-state index in [0.29, 0.717) is 32.4 Å². The SMILES string of the molecule is CC1CN(C(=O)[C@@H]2CC[C@H](C(=O)O)C2)CC(CO)O1. The predicted molar refractivity (Wildman–Crippen MR) is 66.5 cm³/mol. The summed E-state index contributed by atoms with van der Waals surface area (Å²) in [6.07, 6.45) is 1.24. The van der Waals surface area contributed by atoms with E-state index >= 15 is 0 Å². The van der Waals surface area contributed by atoms with E-state index in [2.05, 4.69) is 0 Å². The van der Waals surface area contributed by atoms with Crippen molar-refractivity contribution in [3.8, 4) is 0 Å². The molecule has 2 N–H and O–H groups in total. The lowest BCUT2D eigenvalue weighted by molar-refractivity contribution is -0.151. The Labute approximate surface area is 112 Å². The molecule has 6 heteroatoms. The molecule has 2 unspecified atom stereocenters. The van der Waals surface area contributed by atoms with E-state index in [1.54, 1.807) is 4.90 Å². The van der Waals surface area contributed by atoms with Gasteiger partial charge in [-0.1, -0.05) is 0 Å². The van der Waals surface area contributed by atoms with Gasteiger partial charge >= 0.3 is 5.97 Å². The van der Waals surface area contributed by atoms with Gasteiger partial charge < -0.3 is 19.8 Å². The summed E-state index contributed by atoms with van der Waals surface area (Å²) in [7, 11) is 0. The van der Waals surface area contributed by atoms with Crippen LogP contribution in [0.3, 0.4) is 0 Å². The Hall–Kier alpha value is -1.14. The van der Waals surface area contributed by atoms with Gasteiger partial charge in [-0.05, 0) is 26.2 Å². The largest absolute Gasteiger partial charge is 0.481 e. The Morgan fingerprint density at radius 2 is 1.95 bits per heavy atom. The number of carbonyl (C=O) groups is 2. The summed E-state index contributed by atoms with van der Waals surface area (Å²) in [6, 6.07) is 0. The molecule has 0 radical (unpaired) electrons. The number of nitrogens with zero attached hydrogens (tertiary/aromatic N) is 1. The molecule has 6 nitrogen and oxygen atoms in total. The number of aliphatic hydroxyl groups is 1. The summed E-state index contributed by atoms with van der Waals surface area (Å²) in [5, 5.41) is 18.1. The van der Waals surface area contributed by atoms with Crippen LogP contribution in [0.1, 0.15) is 26.2 Å². The smallest absolute Gasteiger partial charge is 0.306 e. The van der Waals surface area contributed by atoms with Crippen LogP contribution < -0.4 is 0 Å². The van der Waals surface area contributed by atoms with Crippen LogP contribution in [0.5, 0.6) is 0 Å². The average Bonchev–Trinajstić information content (AvgIpc) is 2.86. The van der Waals surface area contributed by atoms with Crippen LogP contribution >= 0.6 is 0 Å². The molecule has 2 rings (SSSR count). The van der Waals surface area contributed by atoms with E-state index in [0.717, 1.165) is 0 Å².